The lowest BCUT2D eigenvalue weighted by atomic mass is 9.90. The van der Waals surface area contributed by atoms with Crippen LogP contribution in [0.4, 0.5) is 11.4 Å². The third-order valence-corrected chi connectivity index (χ3v) is 6.25. The van der Waals surface area contributed by atoms with Crippen molar-refractivity contribution in [2.24, 2.45) is 5.92 Å². The van der Waals surface area contributed by atoms with E-state index >= 15 is 0 Å². The number of hydrogen-bond donors (Lipinski definition) is 0. The molecular formula is C24H18ClN3O5. The van der Waals surface area contributed by atoms with Crippen LogP contribution in [0.25, 0.3) is 0 Å². The molecular weight excluding hydrogens is 446 g/mol. The summed E-state index contributed by atoms with van der Waals surface area (Å²) >= 11 is 6.46. The summed E-state index contributed by atoms with van der Waals surface area (Å²) in [6.07, 6.45) is -1.05. The maximum Gasteiger partial charge on any atom is 0.269 e. The van der Waals surface area contributed by atoms with Gasteiger partial charge in [-0.25, -0.2) is 5.06 Å². The number of hydroxylamine groups is 1. The van der Waals surface area contributed by atoms with E-state index in [0.29, 0.717) is 11.3 Å². The Kier molecular flexibility index (Phi) is 5.32. The molecule has 3 atom stereocenters. The number of anilines is 1. The van der Waals surface area contributed by atoms with E-state index in [9.17, 15) is 19.7 Å². The van der Waals surface area contributed by atoms with Crippen LogP contribution in [0.2, 0.25) is 5.02 Å². The molecule has 33 heavy (non-hydrogen) atoms. The van der Waals surface area contributed by atoms with Crippen LogP contribution >= 0.6 is 11.6 Å². The minimum Gasteiger partial charge on any atom is -0.275 e. The summed E-state index contributed by atoms with van der Waals surface area (Å²) in [6, 6.07) is 21.4. The van der Waals surface area contributed by atoms with Crippen LogP contribution in [-0.4, -0.2) is 27.7 Å². The molecule has 3 aromatic rings. The highest BCUT2D eigenvalue weighted by atomic mass is 35.5. The molecule has 0 unspecified atom stereocenters. The number of likely N-dealkylation sites (tertiary alicyclic amines) is 1. The van der Waals surface area contributed by atoms with Crippen molar-refractivity contribution in [1.29, 1.82) is 0 Å². The number of non-ortho nitro benzene ring substituents is 1. The number of para-hydroxylation sites is 1. The molecule has 0 aliphatic carbocycles. The Morgan fingerprint density at radius 3 is 2.27 bits per heavy atom. The molecule has 0 bridgehead atoms. The van der Waals surface area contributed by atoms with Crippen molar-refractivity contribution in [2.45, 2.75) is 18.7 Å². The van der Waals surface area contributed by atoms with Crippen molar-refractivity contribution in [3.63, 3.8) is 0 Å². The number of benzene rings is 3. The highest BCUT2D eigenvalue weighted by Gasteiger charge is 2.60. The minimum absolute atomic E-state index is 0.121. The van der Waals surface area contributed by atoms with Crippen molar-refractivity contribution < 1.29 is 19.3 Å². The van der Waals surface area contributed by atoms with Crippen molar-refractivity contribution in [3.05, 3.63) is 105 Å². The molecule has 166 valence electrons. The number of halogens is 1. The Bertz CT molecular complexity index is 1240. The van der Waals surface area contributed by atoms with Gasteiger partial charge in [-0.1, -0.05) is 60.1 Å². The van der Waals surface area contributed by atoms with E-state index < -0.39 is 34.8 Å². The molecule has 2 aliphatic rings. The summed E-state index contributed by atoms with van der Waals surface area (Å²) in [5, 5.41) is 13.1. The summed E-state index contributed by atoms with van der Waals surface area (Å²) < 4.78 is 0. The summed E-state index contributed by atoms with van der Waals surface area (Å²) in [7, 11) is 0. The average Bonchev–Trinajstić information content (AvgIpc) is 3.32. The minimum atomic E-state index is -1.05. The summed E-state index contributed by atoms with van der Waals surface area (Å²) in [5.74, 6) is -1.75. The van der Waals surface area contributed by atoms with Crippen LogP contribution < -0.4 is 5.06 Å². The molecule has 3 aromatic carbocycles. The number of imide groups is 1. The van der Waals surface area contributed by atoms with Gasteiger partial charge in [-0.3, -0.25) is 29.4 Å². The number of carbonyl (C=O) groups excluding carboxylic acids is 2. The van der Waals surface area contributed by atoms with E-state index in [2.05, 4.69) is 0 Å². The standard InChI is InChI=1S/C24H18ClN3O5/c25-19-12-11-17(28(31)32)13-18(19)21-20-22(33-27(21)16-9-5-2-6-10-16)24(30)26(23(20)29)14-15-7-3-1-4-8-15/h1-13,20-22H,14H2/t20-,21-,22-/m1/s1. The topological polar surface area (TPSA) is 93.0 Å². The number of amides is 2. The molecule has 0 N–H and O–H groups in total. The van der Waals surface area contributed by atoms with E-state index in [4.69, 9.17) is 16.4 Å². The zero-order valence-electron chi connectivity index (χ0n) is 17.2. The second-order valence-electron chi connectivity index (χ2n) is 7.87. The predicted molar refractivity (Wildman–Crippen MR) is 120 cm³/mol. The highest BCUT2D eigenvalue weighted by molar-refractivity contribution is 6.31. The number of nitrogens with zero attached hydrogens (tertiary/aromatic N) is 3. The SMILES string of the molecule is O=C1[C@@H]2[C@@H](c3cc([N+](=O)[O-])ccc3Cl)N(c3ccccc3)O[C@H]2C(=O)N1Cc1ccccc1. The quantitative estimate of drug-likeness (QED) is 0.318. The van der Waals surface area contributed by atoms with Crippen LogP contribution in [0.3, 0.4) is 0 Å². The van der Waals surface area contributed by atoms with Crippen LogP contribution in [0.5, 0.6) is 0 Å². The van der Waals surface area contributed by atoms with Gasteiger partial charge in [0.1, 0.15) is 5.92 Å². The normalized spacial score (nSPS) is 22.0. The van der Waals surface area contributed by atoms with E-state index in [1.165, 1.54) is 28.2 Å². The highest BCUT2D eigenvalue weighted by Crippen LogP contribution is 2.49. The van der Waals surface area contributed by atoms with Gasteiger partial charge in [0.05, 0.1) is 23.2 Å². The van der Waals surface area contributed by atoms with Gasteiger partial charge in [-0.2, -0.15) is 0 Å². The van der Waals surface area contributed by atoms with Crippen molar-refractivity contribution in [3.8, 4) is 0 Å². The van der Waals surface area contributed by atoms with Crippen LogP contribution in [0.1, 0.15) is 17.2 Å². The first-order chi connectivity index (χ1) is 16.0. The average molecular weight is 464 g/mol. The monoisotopic (exact) mass is 463 g/mol. The van der Waals surface area contributed by atoms with Crippen molar-refractivity contribution >= 4 is 34.8 Å². The number of rotatable bonds is 5. The summed E-state index contributed by atoms with van der Waals surface area (Å²) in [5.41, 5.74) is 1.60. The number of hydrogen-bond acceptors (Lipinski definition) is 6. The maximum absolute atomic E-state index is 13.5. The first kappa shape index (κ1) is 21.1. The van der Waals surface area contributed by atoms with Gasteiger partial charge in [0.2, 0.25) is 5.91 Å². The first-order valence-corrected chi connectivity index (χ1v) is 10.7. The second kappa shape index (κ2) is 8.31. The van der Waals surface area contributed by atoms with Gasteiger partial charge in [-0.15, -0.1) is 0 Å². The number of nitro groups is 1. The van der Waals surface area contributed by atoms with Crippen LogP contribution in [0.15, 0.2) is 78.9 Å². The fourth-order valence-corrected chi connectivity index (χ4v) is 4.61. The van der Waals surface area contributed by atoms with Crippen LogP contribution in [-0.2, 0) is 21.0 Å². The molecule has 0 saturated carbocycles. The lowest BCUT2D eigenvalue weighted by Crippen LogP contribution is -2.37. The fraction of sp³-hybridized carbons (Fsp3) is 0.167. The number of carbonyl (C=O) groups is 2. The van der Waals surface area contributed by atoms with E-state index in [0.717, 1.165) is 5.56 Å². The van der Waals surface area contributed by atoms with E-state index in [1.807, 2.05) is 36.4 Å². The van der Waals surface area contributed by atoms with Gasteiger partial charge in [0, 0.05) is 22.7 Å². The Balaban J connectivity index is 1.58. The Labute approximate surface area is 194 Å². The molecule has 2 aliphatic heterocycles. The molecule has 9 heteroatoms. The lowest BCUT2D eigenvalue weighted by Gasteiger charge is -2.29. The Hall–Kier alpha value is -3.75. The van der Waals surface area contributed by atoms with Gasteiger partial charge in [0.25, 0.3) is 11.6 Å². The Morgan fingerprint density at radius 1 is 0.939 bits per heavy atom. The molecule has 2 fully saturated rings. The molecule has 0 aromatic heterocycles. The fourth-order valence-electron chi connectivity index (χ4n) is 4.38. The summed E-state index contributed by atoms with van der Waals surface area (Å²) in [6.45, 7) is 0.121. The smallest absolute Gasteiger partial charge is 0.269 e. The number of nitro benzene ring substituents is 1. The maximum atomic E-state index is 13.5. The van der Waals surface area contributed by atoms with Gasteiger partial charge in [0.15, 0.2) is 6.10 Å². The van der Waals surface area contributed by atoms with Crippen molar-refractivity contribution in [1.82, 2.24) is 4.90 Å². The summed E-state index contributed by atoms with van der Waals surface area (Å²) in [4.78, 5) is 44.9. The third-order valence-electron chi connectivity index (χ3n) is 5.91. The second-order valence-corrected chi connectivity index (χ2v) is 8.28. The zero-order valence-corrected chi connectivity index (χ0v) is 18.0. The third kappa shape index (κ3) is 3.63. The molecule has 0 spiro atoms. The molecule has 0 radical (unpaired) electrons. The van der Waals surface area contributed by atoms with E-state index in [1.54, 1.807) is 24.3 Å². The van der Waals surface area contributed by atoms with Gasteiger partial charge >= 0.3 is 0 Å². The molecule has 2 heterocycles. The zero-order chi connectivity index (χ0) is 23.1. The molecule has 2 amide bonds. The number of fused-ring (bicyclic) bond motifs is 1. The van der Waals surface area contributed by atoms with Crippen molar-refractivity contribution in [2.75, 3.05) is 5.06 Å². The van der Waals surface area contributed by atoms with Gasteiger partial charge < -0.3 is 0 Å². The lowest BCUT2D eigenvalue weighted by molar-refractivity contribution is -0.384. The largest absolute Gasteiger partial charge is 0.275 e. The molecule has 8 nitrogen and oxygen atoms in total. The molecule has 2 saturated heterocycles. The predicted octanol–water partition coefficient (Wildman–Crippen LogP) is 4.29. The molecule has 5 rings (SSSR count). The van der Waals surface area contributed by atoms with E-state index in [-0.39, 0.29) is 17.3 Å². The first-order valence-electron chi connectivity index (χ1n) is 10.3. The van der Waals surface area contributed by atoms with Gasteiger partial charge in [-0.05, 0) is 23.8 Å². The van der Waals surface area contributed by atoms with Crippen LogP contribution in [0, 0.1) is 16.0 Å². The Morgan fingerprint density at radius 2 is 1.61 bits per heavy atom.